The molecule has 26 heavy (non-hydrogen) atoms. The van der Waals surface area contributed by atoms with E-state index in [9.17, 15) is 5.11 Å². The Morgan fingerprint density at radius 2 is 2.19 bits per heavy atom. The molecule has 140 valence electrons. The van der Waals surface area contributed by atoms with Gasteiger partial charge in [-0.05, 0) is 25.2 Å². The van der Waals surface area contributed by atoms with E-state index >= 15 is 0 Å². The van der Waals surface area contributed by atoms with Crippen LogP contribution in [0.25, 0.3) is 10.6 Å². The first kappa shape index (κ1) is 19.1. The zero-order valence-corrected chi connectivity index (χ0v) is 16.4. The number of aliphatic hydroxyl groups is 1. The molecular weight excluding hydrogens is 370 g/mol. The van der Waals surface area contributed by atoms with Crippen molar-refractivity contribution in [3.63, 3.8) is 0 Å². The molecule has 8 heteroatoms. The van der Waals surface area contributed by atoms with Crippen molar-refractivity contribution in [3.05, 3.63) is 27.9 Å². The van der Waals surface area contributed by atoms with E-state index in [4.69, 9.17) is 22.3 Å². The van der Waals surface area contributed by atoms with Crippen LogP contribution in [0.2, 0.25) is 5.15 Å². The van der Waals surface area contributed by atoms with E-state index in [1.54, 1.807) is 11.3 Å². The molecular formula is C18H24ClN5OS. The number of aryl methyl sites for hydroxylation is 1. The first-order valence-electron chi connectivity index (χ1n) is 8.94. The van der Waals surface area contributed by atoms with E-state index in [0.29, 0.717) is 23.1 Å². The van der Waals surface area contributed by atoms with Crippen LogP contribution >= 0.6 is 22.9 Å². The van der Waals surface area contributed by atoms with E-state index in [1.807, 2.05) is 0 Å². The number of hydrogen-bond donors (Lipinski definition) is 3. The third-order valence-corrected chi connectivity index (χ3v) is 6.02. The van der Waals surface area contributed by atoms with Gasteiger partial charge >= 0.3 is 0 Å². The van der Waals surface area contributed by atoms with Crippen molar-refractivity contribution in [2.24, 2.45) is 5.92 Å². The van der Waals surface area contributed by atoms with E-state index in [-0.39, 0.29) is 18.5 Å². The number of nitrogens with zero attached hydrogens (tertiary/aromatic N) is 3. The van der Waals surface area contributed by atoms with Crippen molar-refractivity contribution in [3.8, 4) is 10.6 Å². The predicted octanol–water partition coefficient (Wildman–Crippen LogP) is 3.70. The smallest absolute Gasteiger partial charge is 0.223 e. The topological polar surface area (TPSA) is 97.0 Å². The fraction of sp³-hybridized carbons (Fsp3) is 0.500. The summed E-state index contributed by atoms with van der Waals surface area (Å²) in [5.41, 5.74) is 7.60. The van der Waals surface area contributed by atoms with E-state index in [0.717, 1.165) is 42.8 Å². The standard InChI is InChI=1S/C18H24ClN5OS/c1-2-11(10-25)8-9-21-16-14(15(19)23-18(20)24-16)17-22-12-6-4-3-5-7-13(12)26-17/h3-4,11,25H,2,5-10H2,1H3,(H3,20,21,23,24). The van der Waals surface area contributed by atoms with Crippen molar-refractivity contribution in [2.75, 3.05) is 24.2 Å². The Balaban J connectivity index is 1.88. The molecule has 2 heterocycles. The summed E-state index contributed by atoms with van der Waals surface area (Å²) in [4.78, 5) is 14.5. The molecule has 1 atom stereocenters. The molecule has 0 saturated carbocycles. The lowest BCUT2D eigenvalue weighted by Crippen LogP contribution is -2.13. The Morgan fingerprint density at radius 1 is 1.35 bits per heavy atom. The first-order chi connectivity index (χ1) is 12.6. The van der Waals surface area contributed by atoms with Gasteiger partial charge in [0, 0.05) is 24.4 Å². The van der Waals surface area contributed by atoms with E-state index in [1.165, 1.54) is 4.88 Å². The number of thiazole rings is 1. The number of rotatable bonds is 7. The average molecular weight is 394 g/mol. The lowest BCUT2D eigenvalue weighted by Gasteiger charge is -2.14. The quantitative estimate of drug-likeness (QED) is 0.490. The Bertz CT molecular complexity index is 788. The molecule has 2 aromatic heterocycles. The van der Waals surface area contributed by atoms with E-state index in [2.05, 4.69) is 34.4 Å². The first-order valence-corrected chi connectivity index (χ1v) is 10.1. The number of aromatic nitrogens is 3. The molecule has 1 unspecified atom stereocenters. The van der Waals surface area contributed by atoms with Gasteiger partial charge in [-0.1, -0.05) is 37.1 Å². The van der Waals surface area contributed by atoms with Gasteiger partial charge in [-0.25, -0.2) is 9.97 Å². The largest absolute Gasteiger partial charge is 0.396 e. The number of fused-ring (bicyclic) bond motifs is 1. The zero-order chi connectivity index (χ0) is 18.5. The molecule has 0 spiro atoms. The summed E-state index contributed by atoms with van der Waals surface area (Å²) in [5, 5.41) is 13.8. The number of nitrogens with two attached hydrogens (primary N) is 1. The Hall–Kier alpha value is -1.70. The number of allylic oxidation sites excluding steroid dienone is 2. The highest BCUT2D eigenvalue weighted by Crippen LogP contribution is 2.38. The number of nitrogen functional groups attached to an aromatic ring is 1. The highest BCUT2D eigenvalue weighted by atomic mass is 35.5. The fourth-order valence-electron chi connectivity index (χ4n) is 2.96. The lowest BCUT2D eigenvalue weighted by molar-refractivity contribution is 0.217. The molecule has 4 N–H and O–H groups in total. The molecule has 6 nitrogen and oxygen atoms in total. The van der Waals surface area contributed by atoms with Gasteiger partial charge in [-0.3, -0.25) is 0 Å². The van der Waals surface area contributed by atoms with Gasteiger partial charge < -0.3 is 16.2 Å². The van der Waals surface area contributed by atoms with Crippen molar-refractivity contribution in [1.82, 2.24) is 15.0 Å². The van der Waals surface area contributed by atoms with Crippen LogP contribution in [0, 0.1) is 5.92 Å². The summed E-state index contributed by atoms with van der Waals surface area (Å²) >= 11 is 8.05. The molecule has 0 radical (unpaired) electrons. The van der Waals surface area contributed by atoms with Gasteiger partial charge in [0.05, 0.1) is 11.3 Å². The second-order valence-electron chi connectivity index (χ2n) is 6.37. The Kier molecular flexibility index (Phi) is 6.45. The van der Waals surface area contributed by atoms with Gasteiger partial charge in [-0.2, -0.15) is 4.98 Å². The lowest BCUT2D eigenvalue weighted by atomic mass is 10.0. The number of nitrogens with one attached hydrogen (secondary N) is 1. The summed E-state index contributed by atoms with van der Waals surface area (Å²) in [6, 6.07) is 0. The minimum absolute atomic E-state index is 0.136. The van der Waals surface area contributed by atoms with Gasteiger partial charge in [0.15, 0.2) is 0 Å². The van der Waals surface area contributed by atoms with Crippen LogP contribution in [-0.2, 0) is 12.8 Å². The number of anilines is 2. The summed E-state index contributed by atoms with van der Waals surface area (Å²) in [7, 11) is 0. The van der Waals surface area contributed by atoms with Crippen molar-refractivity contribution in [2.45, 2.75) is 39.0 Å². The third kappa shape index (κ3) is 4.34. The van der Waals surface area contributed by atoms with Crippen molar-refractivity contribution in [1.29, 1.82) is 0 Å². The highest BCUT2D eigenvalue weighted by Gasteiger charge is 2.20. The molecule has 0 amide bonds. The van der Waals surface area contributed by atoms with Crippen molar-refractivity contribution < 1.29 is 5.11 Å². The van der Waals surface area contributed by atoms with Crippen LogP contribution in [0.1, 0.15) is 36.8 Å². The molecule has 1 aliphatic carbocycles. The van der Waals surface area contributed by atoms with Gasteiger partial charge in [0.25, 0.3) is 0 Å². The van der Waals surface area contributed by atoms with Crippen LogP contribution < -0.4 is 11.1 Å². The number of hydrogen-bond acceptors (Lipinski definition) is 7. The second-order valence-corrected chi connectivity index (χ2v) is 7.81. The second kappa shape index (κ2) is 8.79. The Morgan fingerprint density at radius 3 is 2.96 bits per heavy atom. The SMILES string of the molecule is CCC(CO)CCNc1nc(N)nc(Cl)c1-c1nc2c(s1)CCC=CC2. The average Bonchev–Trinajstić information content (AvgIpc) is 2.88. The minimum Gasteiger partial charge on any atom is -0.396 e. The highest BCUT2D eigenvalue weighted by molar-refractivity contribution is 7.15. The van der Waals surface area contributed by atoms with Crippen molar-refractivity contribution >= 4 is 34.7 Å². The Labute approximate surface area is 162 Å². The molecule has 2 aromatic rings. The normalized spacial score (nSPS) is 14.7. The molecule has 0 bridgehead atoms. The zero-order valence-electron chi connectivity index (χ0n) is 14.8. The summed E-state index contributed by atoms with van der Waals surface area (Å²) in [6.07, 6.45) is 9.01. The van der Waals surface area contributed by atoms with Crippen LogP contribution in [0.3, 0.4) is 0 Å². The fourth-order valence-corrected chi connectivity index (χ4v) is 4.43. The summed E-state index contributed by atoms with van der Waals surface area (Å²) in [5.74, 6) is 1.01. The van der Waals surface area contributed by atoms with Crippen LogP contribution in [0.5, 0.6) is 0 Å². The van der Waals surface area contributed by atoms with Crippen LogP contribution in [0.4, 0.5) is 11.8 Å². The molecule has 0 fully saturated rings. The molecule has 0 aromatic carbocycles. The third-order valence-electron chi connectivity index (χ3n) is 4.57. The molecule has 0 saturated heterocycles. The maximum Gasteiger partial charge on any atom is 0.223 e. The minimum atomic E-state index is 0.136. The maximum atomic E-state index is 9.35. The van der Waals surface area contributed by atoms with Crippen LogP contribution in [-0.4, -0.2) is 33.2 Å². The number of halogens is 1. The monoisotopic (exact) mass is 393 g/mol. The molecule has 3 rings (SSSR count). The molecule has 0 aliphatic heterocycles. The summed E-state index contributed by atoms with van der Waals surface area (Å²) in [6.45, 7) is 2.93. The predicted molar refractivity (Wildman–Crippen MR) is 108 cm³/mol. The van der Waals surface area contributed by atoms with Gasteiger partial charge in [0.2, 0.25) is 5.95 Å². The van der Waals surface area contributed by atoms with Crippen LogP contribution in [0.15, 0.2) is 12.2 Å². The van der Waals surface area contributed by atoms with Gasteiger partial charge in [0.1, 0.15) is 16.0 Å². The number of aliphatic hydroxyl groups excluding tert-OH is 1. The van der Waals surface area contributed by atoms with Gasteiger partial charge in [-0.15, -0.1) is 11.3 Å². The molecule has 1 aliphatic rings. The maximum absolute atomic E-state index is 9.35. The van der Waals surface area contributed by atoms with E-state index < -0.39 is 0 Å². The summed E-state index contributed by atoms with van der Waals surface area (Å²) < 4.78 is 0.